The molecule has 1 aliphatic heterocycles. The van der Waals surface area contributed by atoms with Gasteiger partial charge in [-0.2, -0.15) is 0 Å². The number of aryl methyl sites for hydroxylation is 1. The Labute approximate surface area is 181 Å². The number of ether oxygens (including phenoxy) is 2. The van der Waals surface area contributed by atoms with Gasteiger partial charge in [-0.25, -0.2) is 4.98 Å². The van der Waals surface area contributed by atoms with Gasteiger partial charge in [-0.1, -0.05) is 6.07 Å². The van der Waals surface area contributed by atoms with Crippen LogP contribution in [0.2, 0.25) is 0 Å². The maximum atomic E-state index is 13.8. The van der Waals surface area contributed by atoms with E-state index < -0.39 is 0 Å². The van der Waals surface area contributed by atoms with Crippen molar-refractivity contribution in [3.63, 3.8) is 0 Å². The van der Waals surface area contributed by atoms with Gasteiger partial charge in [0.25, 0.3) is 5.56 Å². The molecule has 1 aliphatic rings. The van der Waals surface area contributed by atoms with Gasteiger partial charge < -0.3 is 14.4 Å². The quantitative estimate of drug-likeness (QED) is 0.597. The number of hydrogen-bond acceptors (Lipinski definition) is 6. The minimum atomic E-state index is 0.0744. The highest BCUT2D eigenvalue weighted by Gasteiger charge is 2.25. The number of benzene rings is 1. The lowest BCUT2D eigenvalue weighted by molar-refractivity contribution is 0.191. The molecule has 0 atom stereocenters. The van der Waals surface area contributed by atoms with Crippen LogP contribution in [-0.2, 0) is 11.2 Å². The summed E-state index contributed by atoms with van der Waals surface area (Å²) in [6.07, 6.45) is 2.57. The van der Waals surface area contributed by atoms with Gasteiger partial charge in [-0.05, 0) is 63.2 Å². The van der Waals surface area contributed by atoms with E-state index in [4.69, 9.17) is 14.5 Å². The molecule has 0 spiro atoms. The summed E-state index contributed by atoms with van der Waals surface area (Å²) in [5, 5.41) is 2.78. The first-order valence-electron chi connectivity index (χ1n) is 10.4. The van der Waals surface area contributed by atoms with Gasteiger partial charge in [0.1, 0.15) is 16.4 Å². The first kappa shape index (κ1) is 21.0. The zero-order valence-corrected chi connectivity index (χ0v) is 18.9. The van der Waals surface area contributed by atoms with Crippen LogP contribution in [0, 0.1) is 6.92 Å². The molecule has 30 heavy (non-hydrogen) atoms. The average Bonchev–Trinajstić information content (AvgIpc) is 3.17. The van der Waals surface area contributed by atoms with Gasteiger partial charge in [0.2, 0.25) is 0 Å². The lowest BCUT2D eigenvalue weighted by atomic mass is 10.0. The maximum Gasteiger partial charge on any atom is 0.263 e. The third-order valence-corrected chi connectivity index (χ3v) is 6.87. The van der Waals surface area contributed by atoms with Crippen molar-refractivity contribution in [3.05, 3.63) is 45.3 Å². The lowest BCUT2D eigenvalue weighted by Gasteiger charge is -2.31. The summed E-state index contributed by atoms with van der Waals surface area (Å²) in [6, 6.07) is 6.25. The fourth-order valence-electron chi connectivity index (χ4n) is 4.30. The number of nitrogens with zero attached hydrogens (tertiary/aromatic N) is 3. The normalized spacial score (nSPS) is 15.7. The SMILES string of the molecule is COCCc1nc2scc(-c3ccc(OC)c(C)c3)c2c(=O)n1C1CCN(C)CC1. The first-order valence-corrected chi connectivity index (χ1v) is 11.3. The van der Waals surface area contributed by atoms with Crippen molar-refractivity contribution < 1.29 is 9.47 Å². The molecule has 1 saturated heterocycles. The zero-order chi connectivity index (χ0) is 21.3. The standard InChI is InChI=1S/C23H29N3O3S/c1-15-13-16(5-6-19(15)29-4)18-14-30-22-21(18)23(27)26(20(24-22)9-12-28-3)17-7-10-25(2)11-8-17/h5-6,13-14,17H,7-12H2,1-4H3. The van der Waals surface area contributed by atoms with Crippen LogP contribution in [0.25, 0.3) is 21.3 Å². The molecular weight excluding hydrogens is 398 g/mol. The molecule has 0 bridgehead atoms. The maximum absolute atomic E-state index is 13.8. The number of hydrogen-bond donors (Lipinski definition) is 0. The van der Waals surface area contributed by atoms with Crippen LogP contribution in [0.3, 0.4) is 0 Å². The molecule has 1 aromatic carbocycles. The predicted molar refractivity (Wildman–Crippen MR) is 122 cm³/mol. The molecule has 0 amide bonds. The molecule has 1 fully saturated rings. The summed E-state index contributed by atoms with van der Waals surface area (Å²) < 4.78 is 12.7. The molecule has 4 rings (SSSR count). The summed E-state index contributed by atoms with van der Waals surface area (Å²) in [5.41, 5.74) is 3.11. The van der Waals surface area contributed by atoms with Gasteiger partial charge >= 0.3 is 0 Å². The second-order valence-corrected chi connectivity index (χ2v) is 8.85. The van der Waals surface area contributed by atoms with Crippen molar-refractivity contribution in [2.45, 2.75) is 32.2 Å². The minimum absolute atomic E-state index is 0.0744. The van der Waals surface area contributed by atoms with E-state index in [9.17, 15) is 4.79 Å². The van der Waals surface area contributed by atoms with Gasteiger partial charge in [0.05, 0.1) is 19.1 Å². The van der Waals surface area contributed by atoms with Crippen molar-refractivity contribution >= 4 is 21.6 Å². The number of aromatic nitrogens is 2. The fraction of sp³-hybridized carbons (Fsp3) is 0.478. The van der Waals surface area contributed by atoms with Crippen molar-refractivity contribution in [2.24, 2.45) is 0 Å². The summed E-state index contributed by atoms with van der Waals surface area (Å²) in [4.78, 5) is 21.9. The van der Waals surface area contributed by atoms with Crippen LogP contribution in [-0.4, -0.2) is 55.4 Å². The van der Waals surface area contributed by atoms with Gasteiger partial charge in [0.15, 0.2) is 0 Å². The van der Waals surface area contributed by atoms with Crippen LogP contribution in [0.5, 0.6) is 5.75 Å². The molecule has 0 N–H and O–H groups in total. The van der Waals surface area contributed by atoms with Crippen LogP contribution in [0.4, 0.5) is 0 Å². The Kier molecular flexibility index (Phi) is 6.22. The van der Waals surface area contributed by atoms with Gasteiger partial charge in [-0.3, -0.25) is 9.36 Å². The highest BCUT2D eigenvalue weighted by molar-refractivity contribution is 7.17. The summed E-state index contributed by atoms with van der Waals surface area (Å²) in [7, 11) is 5.49. The number of methoxy groups -OCH3 is 2. The van der Waals surface area contributed by atoms with Crippen molar-refractivity contribution in [1.29, 1.82) is 0 Å². The van der Waals surface area contributed by atoms with Crippen molar-refractivity contribution in [1.82, 2.24) is 14.5 Å². The number of piperidine rings is 1. The number of likely N-dealkylation sites (tertiary alicyclic amines) is 1. The molecule has 6 nitrogen and oxygen atoms in total. The monoisotopic (exact) mass is 427 g/mol. The minimum Gasteiger partial charge on any atom is -0.496 e. The Morgan fingerprint density at radius 1 is 1.23 bits per heavy atom. The zero-order valence-electron chi connectivity index (χ0n) is 18.1. The van der Waals surface area contributed by atoms with Crippen molar-refractivity contribution in [2.75, 3.05) is 41.0 Å². The lowest BCUT2D eigenvalue weighted by Crippen LogP contribution is -2.37. The van der Waals surface area contributed by atoms with E-state index in [2.05, 4.69) is 23.4 Å². The number of rotatable bonds is 6. The molecule has 7 heteroatoms. The molecule has 3 heterocycles. The van der Waals surface area contributed by atoms with Crippen LogP contribution in [0.1, 0.15) is 30.3 Å². The molecular formula is C23H29N3O3S. The Bertz CT molecular complexity index is 1100. The number of fused-ring (bicyclic) bond motifs is 1. The van der Waals surface area contributed by atoms with E-state index in [1.807, 2.05) is 23.6 Å². The highest BCUT2D eigenvalue weighted by Crippen LogP contribution is 2.34. The number of thiophene rings is 1. The summed E-state index contributed by atoms with van der Waals surface area (Å²) in [6.45, 7) is 4.56. The summed E-state index contributed by atoms with van der Waals surface area (Å²) >= 11 is 1.54. The molecule has 160 valence electrons. The fourth-order valence-corrected chi connectivity index (χ4v) is 5.26. The van der Waals surface area contributed by atoms with Crippen LogP contribution >= 0.6 is 11.3 Å². The molecule has 3 aromatic rings. The second kappa shape index (κ2) is 8.88. The molecule has 0 saturated carbocycles. The third-order valence-electron chi connectivity index (χ3n) is 6.00. The Morgan fingerprint density at radius 3 is 2.67 bits per heavy atom. The smallest absolute Gasteiger partial charge is 0.263 e. The second-order valence-electron chi connectivity index (χ2n) is 7.99. The van der Waals surface area contributed by atoms with E-state index in [-0.39, 0.29) is 11.6 Å². The Balaban J connectivity index is 1.86. The molecule has 0 aliphatic carbocycles. The highest BCUT2D eigenvalue weighted by atomic mass is 32.1. The van der Waals surface area contributed by atoms with E-state index in [1.54, 1.807) is 14.2 Å². The topological polar surface area (TPSA) is 56.6 Å². The van der Waals surface area contributed by atoms with Crippen molar-refractivity contribution in [3.8, 4) is 16.9 Å². The summed E-state index contributed by atoms with van der Waals surface area (Å²) in [5.74, 6) is 1.69. The Morgan fingerprint density at radius 2 is 2.00 bits per heavy atom. The Hall–Kier alpha value is -2.22. The third kappa shape index (κ3) is 3.89. The van der Waals surface area contributed by atoms with Crippen LogP contribution < -0.4 is 10.3 Å². The van der Waals surface area contributed by atoms with E-state index in [1.165, 1.54) is 11.3 Å². The molecule has 0 unspecified atom stereocenters. The molecule has 0 radical (unpaired) electrons. The predicted octanol–water partition coefficient (Wildman–Crippen LogP) is 3.90. The van der Waals surface area contributed by atoms with E-state index >= 15 is 0 Å². The van der Waals surface area contributed by atoms with E-state index in [0.29, 0.717) is 13.0 Å². The largest absolute Gasteiger partial charge is 0.496 e. The van der Waals surface area contributed by atoms with E-state index in [0.717, 1.165) is 64.4 Å². The van der Waals surface area contributed by atoms with Crippen LogP contribution in [0.15, 0.2) is 28.4 Å². The first-order chi connectivity index (χ1) is 14.5. The van der Waals surface area contributed by atoms with Gasteiger partial charge in [-0.15, -0.1) is 11.3 Å². The van der Waals surface area contributed by atoms with Gasteiger partial charge in [0, 0.05) is 30.5 Å². The average molecular weight is 428 g/mol. The molecule has 2 aromatic heterocycles.